The number of aromatic nitrogens is 1. The molecular formula is C19H20N4O3. The highest BCUT2D eigenvalue weighted by molar-refractivity contribution is 5.91. The lowest BCUT2D eigenvalue weighted by Gasteiger charge is -2.07. The molecule has 1 aromatic heterocycles. The van der Waals surface area contributed by atoms with Gasteiger partial charge in [0.05, 0.1) is 19.8 Å². The molecule has 2 aromatic rings. The van der Waals surface area contributed by atoms with Gasteiger partial charge in [-0.1, -0.05) is 6.07 Å². The van der Waals surface area contributed by atoms with Crippen molar-refractivity contribution in [3.8, 4) is 17.6 Å². The molecule has 1 amide bonds. The van der Waals surface area contributed by atoms with Gasteiger partial charge in [-0.25, -0.2) is 4.98 Å². The minimum atomic E-state index is -0.200. The smallest absolute Gasteiger partial charge is 0.244 e. The molecule has 0 spiro atoms. The van der Waals surface area contributed by atoms with Crippen molar-refractivity contribution >= 4 is 17.8 Å². The third kappa shape index (κ3) is 5.53. The van der Waals surface area contributed by atoms with Crippen LogP contribution in [-0.4, -0.2) is 38.2 Å². The molecule has 7 heteroatoms. The van der Waals surface area contributed by atoms with E-state index in [1.165, 1.54) is 12.3 Å². The van der Waals surface area contributed by atoms with Gasteiger partial charge in [-0.2, -0.15) is 5.26 Å². The van der Waals surface area contributed by atoms with Gasteiger partial charge < -0.3 is 20.1 Å². The Kier molecular flexibility index (Phi) is 7.01. The third-order valence-electron chi connectivity index (χ3n) is 3.46. The Morgan fingerprint density at radius 3 is 2.65 bits per heavy atom. The molecule has 0 aliphatic heterocycles. The van der Waals surface area contributed by atoms with Crippen molar-refractivity contribution in [2.75, 3.05) is 32.6 Å². The van der Waals surface area contributed by atoms with E-state index >= 15 is 0 Å². The first-order chi connectivity index (χ1) is 12.7. The van der Waals surface area contributed by atoms with E-state index in [-0.39, 0.29) is 5.91 Å². The van der Waals surface area contributed by atoms with E-state index in [2.05, 4.69) is 15.6 Å². The van der Waals surface area contributed by atoms with Gasteiger partial charge >= 0.3 is 0 Å². The number of nitrogens with zero attached hydrogens (tertiary/aromatic N) is 2. The summed E-state index contributed by atoms with van der Waals surface area (Å²) in [6.07, 6.45) is 4.65. The lowest BCUT2D eigenvalue weighted by Crippen LogP contribution is -2.27. The van der Waals surface area contributed by atoms with Crippen LogP contribution in [-0.2, 0) is 4.79 Å². The van der Waals surface area contributed by atoms with E-state index in [1.54, 1.807) is 44.6 Å². The molecule has 0 aliphatic carbocycles. The molecule has 1 heterocycles. The Balaban J connectivity index is 1.77. The molecule has 0 saturated carbocycles. The van der Waals surface area contributed by atoms with Crippen LogP contribution in [0.5, 0.6) is 11.5 Å². The Bertz CT molecular complexity index is 811. The van der Waals surface area contributed by atoms with E-state index in [9.17, 15) is 4.79 Å². The number of rotatable bonds is 8. The van der Waals surface area contributed by atoms with Gasteiger partial charge in [-0.3, -0.25) is 4.79 Å². The van der Waals surface area contributed by atoms with Crippen LogP contribution in [0.1, 0.15) is 11.1 Å². The maximum absolute atomic E-state index is 11.9. The highest BCUT2D eigenvalue weighted by Crippen LogP contribution is 2.27. The average molecular weight is 352 g/mol. The fraction of sp³-hybridized carbons (Fsp3) is 0.211. The molecule has 0 bridgehead atoms. The van der Waals surface area contributed by atoms with Gasteiger partial charge in [-0.15, -0.1) is 0 Å². The molecule has 134 valence electrons. The first-order valence-corrected chi connectivity index (χ1v) is 7.94. The number of anilines is 1. The Morgan fingerprint density at radius 2 is 2.00 bits per heavy atom. The summed E-state index contributed by atoms with van der Waals surface area (Å²) in [4.78, 5) is 15.9. The summed E-state index contributed by atoms with van der Waals surface area (Å²) >= 11 is 0. The van der Waals surface area contributed by atoms with Crippen LogP contribution < -0.4 is 20.1 Å². The topological polar surface area (TPSA) is 96.3 Å². The van der Waals surface area contributed by atoms with E-state index in [0.717, 1.165) is 5.56 Å². The molecular weight excluding hydrogens is 332 g/mol. The molecule has 0 saturated heterocycles. The predicted molar refractivity (Wildman–Crippen MR) is 99.0 cm³/mol. The highest BCUT2D eigenvalue weighted by Gasteiger charge is 2.03. The normalized spacial score (nSPS) is 10.2. The summed E-state index contributed by atoms with van der Waals surface area (Å²) in [5, 5.41) is 14.6. The van der Waals surface area contributed by atoms with Crippen molar-refractivity contribution in [3.05, 3.63) is 53.7 Å². The summed E-state index contributed by atoms with van der Waals surface area (Å²) in [6.45, 7) is 0.964. The van der Waals surface area contributed by atoms with E-state index in [0.29, 0.717) is 36.0 Å². The maximum Gasteiger partial charge on any atom is 0.244 e. The van der Waals surface area contributed by atoms with Gasteiger partial charge in [0, 0.05) is 25.4 Å². The first-order valence-electron chi connectivity index (χ1n) is 7.94. The first kappa shape index (κ1) is 18.8. The number of amides is 1. The Morgan fingerprint density at radius 1 is 1.19 bits per heavy atom. The van der Waals surface area contributed by atoms with Crippen molar-refractivity contribution in [1.82, 2.24) is 10.3 Å². The van der Waals surface area contributed by atoms with Gasteiger partial charge in [0.15, 0.2) is 11.5 Å². The third-order valence-corrected chi connectivity index (χ3v) is 3.46. The molecule has 0 aliphatic rings. The van der Waals surface area contributed by atoms with Crippen LogP contribution in [0.2, 0.25) is 0 Å². The molecule has 0 atom stereocenters. The molecule has 0 unspecified atom stereocenters. The number of pyridine rings is 1. The Labute approximate surface area is 152 Å². The standard InChI is InChI=1S/C19H20N4O3/c1-25-16-6-3-14(11-17(16)26-2)5-8-19(24)22-10-9-21-18-7-4-15(12-20)13-23-18/h3-8,11,13H,9-10H2,1-2H3,(H,21,23)(H,22,24)/b8-5+. The minimum absolute atomic E-state index is 0.200. The van der Waals surface area contributed by atoms with Crippen LogP contribution in [0, 0.1) is 11.3 Å². The number of ether oxygens (including phenoxy) is 2. The second kappa shape index (κ2) is 9.69. The number of nitriles is 1. The molecule has 7 nitrogen and oxygen atoms in total. The molecule has 1 aromatic carbocycles. The second-order valence-corrected chi connectivity index (χ2v) is 5.21. The van der Waals surface area contributed by atoms with E-state index < -0.39 is 0 Å². The number of carbonyl (C=O) groups excluding carboxylic acids is 1. The lowest BCUT2D eigenvalue weighted by atomic mass is 10.2. The van der Waals surface area contributed by atoms with Gasteiger partial charge in [-0.05, 0) is 35.9 Å². The van der Waals surface area contributed by atoms with Crippen molar-refractivity contribution in [1.29, 1.82) is 5.26 Å². The maximum atomic E-state index is 11.9. The van der Waals surface area contributed by atoms with Crippen LogP contribution in [0.25, 0.3) is 6.08 Å². The molecule has 26 heavy (non-hydrogen) atoms. The van der Waals surface area contributed by atoms with E-state index in [1.807, 2.05) is 12.1 Å². The van der Waals surface area contributed by atoms with Crippen LogP contribution in [0.4, 0.5) is 5.82 Å². The second-order valence-electron chi connectivity index (χ2n) is 5.21. The number of hydrogen-bond acceptors (Lipinski definition) is 6. The quantitative estimate of drug-likeness (QED) is 0.558. The SMILES string of the molecule is COc1ccc(/C=C/C(=O)NCCNc2ccc(C#N)cn2)cc1OC. The summed E-state index contributed by atoms with van der Waals surface area (Å²) in [6, 6.07) is 10.8. The number of benzene rings is 1. The average Bonchev–Trinajstić information content (AvgIpc) is 2.69. The van der Waals surface area contributed by atoms with Crippen molar-refractivity contribution < 1.29 is 14.3 Å². The number of carbonyl (C=O) groups is 1. The molecule has 0 radical (unpaired) electrons. The van der Waals surface area contributed by atoms with Gasteiger partial charge in [0.2, 0.25) is 5.91 Å². The zero-order valence-corrected chi connectivity index (χ0v) is 14.7. The lowest BCUT2D eigenvalue weighted by molar-refractivity contribution is -0.116. The Hall–Kier alpha value is -3.53. The summed E-state index contributed by atoms with van der Waals surface area (Å²) < 4.78 is 10.4. The largest absolute Gasteiger partial charge is 0.493 e. The number of nitrogens with one attached hydrogen (secondary N) is 2. The van der Waals surface area contributed by atoms with Crippen molar-refractivity contribution in [2.24, 2.45) is 0 Å². The fourth-order valence-corrected chi connectivity index (χ4v) is 2.13. The van der Waals surface area contributed by atoms with Crippen LogP contribution >= 0.6 is 0 Å². The van der Waals surface area contributed by atoms with Gasteiger partial charge in [0.1, 0.15) is 11.9 Å². The van der Waals surface area contributed by atoms with Crippen molar-refractivity contribution in [2.45, 2.75) is 0 Å². The molecule has 0 fully saturated rings. The summed E-state index contributed by atoms with van der Waals surface area (Å²) in [5.74, 6) is 1.69. The van der Waals surface area contributed by atoms with E-state index in [4.69, 9.17) is 14.7 Å². The molecule has 2 N–H and O–H groups in total. The van der Waals surface area contributed by atoms with Crippen molar-refractivity contribution in [3.63, 3.8) is 0 Å². The summed E-state index contributed by atoms with van der Waals surface area (Å²) in [7, 11) is 3.13. The monoisotopic (exact) mass is 352 g/mol. The minimum Gasteiger partial charge on any atom is -0.493 e. The number of hydrogen-bond donors (Lipinski definition) is 2. The van der Waals surface area contributed by atoms with Crippen LogP contribution in [0.3, 0.4) is 0 Å². The zero-order valence-electron chi connectivity index (χ0n) is 14.7. The fourth-order valence-electron chi connectivity index (χ4n) is 2.13. The zero-order chi connectivity index (χ0) is 18.8. The van der Waals surface area contributed by atoms with Crippen LogP contribution in [0.15, 0.2) is 42.6 Å². The number of methoxy groups -OCH3 is 2. The predicted octanol–water partition coefficient (Wildman–Crippen LogP) is 2.21. The molecule has 2 rings (SSSR count). The van der Waals surface area contributed by atoms with Gasteiger partial charge in [0.25, 0.3) is 0 Å². The highest BCUT2D eigenvalue weighted by atomic mass is 16.5. The summed E-state index contributed by atoms with van der Waals surface area (Å²) in [5.41, 5.74) is 1.34.